The lowest BCUT2D eigenvalue weighted by Gasteiger charge is -2.05. The number of carbonyl (C=O) groups is 1. The molecule has 0 unspecified atom stereocenters. The van der Waals surface area contributed by atoms with Gasteiger partial charge in [-0.25, -0.2) is 14.2 Å². The average molecular weight is 365 g/mol. The predicted molar refractivity (Wildman–Crippen MR) is 98.1 cm³/mol. The molecule has 7 heteroatoms. The highest BCUT2D eigenvalue weighted by Crippen LogP contribution is 2.21. The smallest absolute Gasteiger partial charge is 0.344 e. The van der Waals surface area contributed by atoms with Crippen molar-refractivity contribution in [3.05, 3.63) is 59.7 Å². The first-order chi connectivity index (χ1) is 13.1. The lowest BCUT2D eigenvalue weighted by molar-refractivity contribution is -0.145. The number of esters is 1. The van der Waals surface area contributed by atoms with Gasteiger partial charge in [-0.1, -0.05) is 12.1 Å². The van der Waals surface area contributed by atoms with E-state index in [-0.39, 0.29) is 12.4 Å². The minimum Gasteiger partial charge on any atom is -0.482 e. The first-order valence-electron chi connectivity index (χ1n) is 8.25. The first kappa shape index (κ1) is 18.1. The summed E-state index contributed by atoms with van der Waals surface area (Å²) >= 11 is 0. The molecule has 0 fully saturated rings. The molecule has 6 nitrogen and oxygen atoms in total. The number of carbonyl (C=O) groups excluding carboxylic acids is 1. The normalized spacial score (nSPS) is 11.2. The van der Waals surface area contributed by atoms with E-state index in [1.165, 1.54) is 12.1 Å². The van der Waals surface area contributed by atoms with Crippen LogP contribution in [-0.2, 0) is 9.53 Å². The summed E-state index contributed by atoms with van der Waals surface area (Å²) in [4.78, 5) is 18.6. The maximum Gasteiger partial charge on any atom is 0.344 e. The number of imidazole rings is 1. The second-order valence-corrected chi connectivity index (χ2v) is 5.58. The van der Waals surface area contributed by atoms with Crippen LogP contribution in [0.3, 0.4) is 0 Å². The molecule has 0 amide bonds. The number of ether oxygens (including phenoxy) is 2. The summed E-state index contributed by atoms with van der Waals surface area (Å²) in [5.74, 6) is 0.0619. The third kappa shape index (κ3) is 4.50. The Balaban J connectivity index is 1.77. The van der Waals surface area contributed by atoms with Crippen LogP contribution in [0.4, 0.5) is 4.39 Å². The van der Waals surface area contributed by atoms with Crippen molar-refractivity contribution in [3.8, 4) is 11.8 Å². The maximum atomic E-state index is 13.3. The zero-order chi connectivity index (χ0) is 19.2. The number of nitriles is 1. The van der Waals surface area contributed by atoms with Crippen molar-refractivity contribution in [2.24, 2.45) is 0 Å². The van der Waals surface area contributed by atoms with Crippen molar-refractivity contribution < 1.29 is 18.7 Å². The first-order valence-corrected chi connectivity index (χ1v) is 8.25. The molecule has 1 heterocycles. The largest absolute Gasteiger partial charge is 0.482 e. The lowest BCUT2D eigenvalue weighted by atomic mass is 10.1. The van der Waals surface area contributed by atoms with E-state index in [2.05, 4.69) is 16.0 Å². The summed E-state index contributed by atoms with van der Waals surface area (Å²) in [7, 11) is 0. The molecule has 27 heavy (non-hydrogen) atoms. The average Bonchev–Trinajstić information content (AvgIpc) is 3.08. The number of nitrogens with zero attached hydrogens (tertiary/aromatic N) is 2. The van der Waals surface area contributed by atoms with Gasteiger partial charge in [-0.3, -0.25) is 0 Å². The van der Waals surface area contributed by atoms with Gasteiger partial charge in [0, 0.05) is 0 Å². The predicted octanol–water partition coefficient (Wildman–Crippen LogP) is 3.71. The number of allylic oxidation sites excluding steroid dienone is 1. The van der Waals surface area contributed by atoms with Gasteiger partial charge in [-0.15, -0.1) is 0 Å². The Morgan fingerprint density at radius 3 is 2.78 bits per heavy atom. The van der Waals surface area contributed by atoms with Gasteiger partial charge in [-0.05, 0) is 48.9 Å². The molecule has 0 aliphatic rings. The van der Waals surface area contributed by atoms with E-state index in [1.54, 1.807) is 43.3 Å². The third-order valence-electron chi connectivity index (χ3n) is 3.67. The lowest BCUT2D eigenvalue weighted by Crippen LogP contribution is -2.14. The van der Waals surface area contributed by atoms with Crippen LogP contribution in [0.25, 0.3) is 22.7 Å². The van der Waals surface area contributed by atoms with E-state index in [0.29, 0.717) is 34.8 Å². The number of aromatic amines is 1. The number of H-pyrrole nitrogens is 1. The van der Waals surface area contributed by atoms with E-state index < -0.39 is 5.97 Å². The topological polar surface area (TPSA) is 88.0 Å². The van der Waals surface area contributed by atoms with E-state index in [0.717, 1.165) is 5.56 Å². The number of hydrogen-bond acceptors (Lipinski definition) is 5. The van der Waals surface area contributed by atoms with Gasteiger partial charge >= 0.3 is 5.97 Å². The maximum absolute atomic E-state index is 13.3. The quantitative estimate of drug-likeness (QED) is 0.531. The second-order valence-electron chi connectivity index (χ2n) is 5.58. The van der Waals surface area contributed by atoms with Gasteiger partial charge in [0.2, 0.25) is 0 Å². The van der Waals surface area contributed by atoms with Gasteiger partial charge < -0.3 is 14.5 Å². The molecule has 3 rings (SSSR count). The molecule has 0 aliphatic heterocycles. The minimum atomic E-state index is -0.436. The van der Waals surface area contributed by atoms with Crippen LogP contribution in [0.1, 0.15) is 18.3 Å². The van der Waals surface area contributed by atoms with Gasteiger partial charge in [0.25, 0.3) is 0 Å². The zero-order valence-electron chi connectivity index (χ0n) is 14.5. The fourth-order valence-electron chi connectivity index (χ4n) is 2.43. The Morgan fingerprint density at radius 2 is 2.07 bits per heavy atom. The van der Waals surface area contributed by atoms with Crippen LogP contribution in [-0.4, -0.2) is 29.2 Å². The number of fused-ring (bicyclic) bond motifs is 1. The van der Waals surface area contributed by atoms with Gasteiger partial charge in [0.15, 0.2) is 6.61 Å². The summed E-state index contributed by atoms with van der Waals surface area (Å²) < 4.78 is 23.4. The molecule has 1 N–H and O–H groups in total. The molecular weight excluding hydrogens is 349 g/mol. The Kier molecular flexibility index (Phi) is 5.47. The van der Waals surface area contributed by atoms with E-state index in [9.17, 15) is 14.4 Å². The molecule has 0 spiro atoms. The molecule has 0 aliphatic carbocycles. The van der Waals surface area contributed by atoms with Crippen molar-refractivity contribution in [2.45, 2.75) is 6.92 Å². The van der Waals surface area contributed by atoms with Crippen LogP contribution >= 0.6 is 0 Å². The highest BCUT2D eigenvalue weighted by Gasteiger charge is 2.09. The summed E-state index contributed by atoms with van der Waals surface area (Å²) in [6, 6.07) is 13.2. The number of hydrogen-bond donors (Lipinski definition) is 1. The molecule has 0 atom stereocenters. The standard InChI is InChI=1S/C20H16FN3O3/c1-2-26-19(25)12-27-16-6-3-13(4-7-16)9-14(11-22)20-23-17-8-5-15(21)10-18(17)24-20/h3-10H,2,12H2,1H3,(H,23,24)/b14-9-. The summed E-state index contributed by atoms with van der Waals surface area (Å²) in [6.45, 7) is 1.86. The van der Waals surface area contributed by atoms with Crippen molar-refractivity contribution in [3.63, 3.8) is 0 Å². The van der Waals surface area contributed by atoms with E-state index in [4.69, 9.17) is 9.47 Å². The van der Waals surface area contributed by atoms with Crippen LogP contribution in [0.2, 0.25) is 0 Å². The Morgan fingerprint density at radius 1 is 1.30 bits per heavy atom. The van der Waals surface area contributed by atoms with Crippen LogP contribution in [0.15, 0.2) is 42.5 Å². The molecule has 136 valence electrons. The molecule has 3 aromatic rings. The van der Waals surface area contributed by atoms with E-state index >= 15 is 0 Å². The van der Waals surface area contributed by atoms with Crippen LogP contribution in [0, 0.1) is 17.1 Å². The van der Waals surface area contributed by atoms with Crippen molar-refractivity contribution in [1.29, 1.82) is 5.26 Å². The third-order valence-corrected chi connectivity index (χ3v) is 3.67. The minimum absolute atomic E-state index is 0.165. The Hall–Kier alpha value is -3.66. The molecule has 0 bridgehead atoms. The molecular formula is C20H16FN3O3. The van der Waals surface area contributed by atoms with Crippen LogP contribution < -0.4 is 4.74 Å². The van der Waals surface area contributed by atoms with E-state index in [1.807, 2.05) is 0 Å². The molecule has 1 aromatic heterocycles. The van der Waals surface area contributed by atoms with Crippen molar-refractivity contribution >= 4 is 28.7 Å². The number of halogens is 1. The highest BCUT2D eigenvalue weighted by atomic mass is 19.1. The Labute approximate surface area is 154 Å². The SMILES string of the molecule is CCOC(=O)COc1ccc(/C=C(/C#N)c2nc3ccc(F)cc3[nH]2)cc1. The van der Waals surface area contributed by atoms with Crippen molar-refractivity contribution in [1.82, 2.24) is 9.97 Å². The number of benzene rings is 2. The highest BCUT2D eigenvalue weighted by molar-refractivity contribution is 5.90. The fourth-order valence-corrected chi connectivity index (χ4v) is 2.43. The molecule has 2 aromatic carbocycles. The zero-order valence-corrected chi connectivity index (χ0v) is 14.5. The monoisotopic (exact) mass is 365 g/mol. The van der Waals surface area contributed by atoms with Crippen LogP contribution in [0.5, 0.6) is 5.75 Å². The Bertz CT molecular complexity index is 1030. The van der Waals surface area contributed by atoms with Gasteiger partial charge in [0.1, 0.15) is 23.5 Å². The summed E-state index contributed by atoms with van der Waals surface area (Å²) in [6.07, 6.45) is 1.66. The number of aromatic nitrogens is 2. The fraction of sp³-hybridized carbons (Fsp3) is 0.150. The van der Waals surface area contributed by atoms with Gasteiger partial charge in [0.05, 0.1) is 23.2 Å². The number of rotatable bonds is 6. The second kappa shape index (κ2) is 8.15. The molecule has 0 saturated carbocycles. The summed E-state index contributed by atoms with van der Waals surface area (Å²) in [5.41, 5.74) is 2.16. The summed E-state index contributed by atoms with van der Waals surface area (Å²) in [5, 5.41) is 9.44. The van der Waals surface area contributed by atoms with Gasteiger partial charge in [-0.2, -0.15) is 5.26 Å². The van der Waals surface area contributed by atoms with Crippen molar-refractivity contribution in [2.75, 3.05) is 13.2 Å². The molecule has 0 saturated heterocycles. The number of nitrogens with one attached hydrogen (secondary N) is 1. The molecule has 0 radical (unpaired) electrons.